The van der Waals surface area contributed by atoms with Gasteiger partial charge in [0.1, 0.15) is 0 Å². The third kappa shape index (κ3) is 3.95. The topological polar surface area (TPSA) is 32.7 Å². The molecule has 0 amide bonds. The molecule has 102 valence electrons. The fourth-order valence-electron chi connectivity index (χ4n) is 2.20. The summed E-state index contributed by atoms with van der Waals surface area (Å²) in [7, 11) is 0. The van der Waals surface area contributed by atoms with Crippen LogP contribution in [0.25, 0.3) is 0 Å². The fraction of sp³-hybridized carbons (Fsp3) is 0.571. The highest BCUT2D eigenvalue weighted by Gasteiger charge is 2.26. The summed E-state index contributed by atoms with van der Waals surface area (Å²) >= 11 is 0. The fourth-order valence-corrected chi connectivity index (χ4v) is 2.20. The molecule has 0 aromatic heterocycles. The van der Waals surface area contributed by atoms with Crippen molar-refractivity contribution >= 4 is 0 Å². The predicted molar refractivity (Wildman–Crippen MR) is 68.0 cm³/mol. The first-order chi connectivity index (χ1) is 8.08. The van der Waals surface area contributed by atoms with E-state index in [-0.39, 0.29) is 12.4 Å². The van der Waals surface area contributed by atoms with Crippen molar-refractivity contribution in [2.45, 2.75) is 19.4 Å². The van der Waals surface area contributed by atoms with E-state index in [0.29, 0.717) is 6.54 Å². The number of aryl methyl sites for hydroxylation is 1. The molecule has 0 bridgehead atoms. The Labute approximate surface area is 115 Å². The molecule has 0 aliphatic carbocycles. The van der Waals surface area contributed by atoms with Gasteiger partial charge in [-0.3, -0.25) is 4.90 Å². The smallest absolute Gasteiger partial charge is 0.0994 e. The number of halogens is 1. The second-order valence-corrected chi connectivity index (χ2v) is 5.03. The molecule has 1 aromatic carbocycles. The molecule has 2 rings (SSSR count). The second kappa shape index (κ2) is 6.53. The Morgan fingerprint density at radius 1 is 1.22 bits per heavy atom. The van der Waals surface area contributed by atoms with Gasteiger partial charge in [0.05, 0.1) is 18.8 Å². The van der Waals surface area contributed by atoms with Crippen molar-refractivity contribution in [3.05, 3.63) is 35.4 Å². The summed E-state index contributed by atoms with van der Waals surface area (Å²) in [6, 6.07) is 8.11. The summed E-state index contributed by atoms with van der Waals surface area (Å²) in [6.07, 6.45) is 0. The van der Waals surface area contributed by atoms with E-state index in [1.54, 1.807) is 0 Å². The van der Waals surface area contributed by atoms with Gasteiger partial charge < -0.3 is 22.3 Å². The molecular weight excluding hydrogens is 250 g/mol. The number of ether oxygens (including phenoxy) is 1. The number of hydrogen-bond acceptors (Lipinski definition) is 3. The molecule has 1 aromatic rings. The van der Waals surface area contributed by atoms with E-state index >= 15 is 0 Å². The van der Waals surface area contributed by atoms with E-state index < -0.39 is 5.60 Å². The van der Waals surface area contributed by atoms with Crippen LogP contribution >= 0.6 is 0 Å². The van der Waals surface area contributed by atoms with Gasteiger partial charge in [-0.15, -0.1) is 0 Å². The van der Waals surface area contributed by atoms with Crippen LogP contribution in [0.1, 0.15) is 18.1 Å². The number of rotatable bonds is 3. The lowest BCUT2D eigenvalue weighted by Crippen LogP contribution is -3.00. The van der Waals surface area contributed by atoms with Gasteiger partial charge >= 0.3 is 0 Å². The van der Waals surface area contributed by atoms with Gasteiger partial charge in [-0.1, -0.05) is 29.8 Å². The van der Waals surface area contributed by atoms with Crippen molar-refractivity contribution in [2.75, 3.05) is 32.8 Å². The van der Waals surface area contributed by atoms with Gasteiger partial charge in [0.15, 0.2) is 0 Å². The number of nitrogens with zero attached hydrogens (tertiary/aromatic N) is 1. The second-order valence-electron chi connectivity index (χ2n) is 5.03. The number of hydrogen-bond donors (Lipinski definition) is 1. The Bertz CT molecular complexity index is 359. The highest BCUT2D eigenvalue weighted by Crippen LogP contribution is 2.22. The van der Waals surface area contributed by atoms with Gasteiger partial charge in [0, 0.05) is 19.6 Å². The molecule has 1 N–H and O–H groups in total. The minimum absolute atomic E-state index is 0. The average Bonchev–Trinajstić information content (AvgIpc) is 2.30. The van der Waals surface area contributed by atoms with Crippen molar-refractivity contribution in [1.29, 1.82) is 0 Å². The first-order valence-electron chi connectivity index (χ1n) is 6.17. The Morgan fingerprint density at radius 2 is 1.78 bits per heavy atom. The van der Waals surface area contributed by atoms with E-state index in [2.05, 4.69) is 11.8 Å². The number of morpholine rings is 1. The van der Waals surface area contributed by atoms with Gasteiger partial charge in [-0.25, -0.2) is 0 Å². The molecule has 3 nitrogen and oxygen atoms in total. The molecule has 0 saturated carbocycles. The van der Waals surface area contributed by atoms with Gasteiger partial charge in [-0.05, 0) is 19.4 Å². The van der Waals surface area contributed by atoms with E-state index in [1.165, 1.54) is 5.56 Å². The maximum atomic E-state index is 10.5. The van der Waals surface area contributed by atoms with Crippen LogP contribution < -0.4 is 12.4 Å². The van der Waals surface area contributed by atoms with Crippen molar-refractivity contribution in [3.63, 3.8) is 0 Å². The van der Waals surface area contributed by atoms with E-state index in [4.69, 9.17) is 4.74 Å². The summed E-state index contributed by atoms with van der Waals surface area (Å²) in [5, 5.41) is 10.5. The Balaban J connectivity index is 0.00000162. The van der Waals surface area contributed by atoms with Gasteiger partial charge in [0.25, 0.3) is 0 Å². The quantitative estimate of drug-likeness (QED) is 0.729. The largest absolute Gasteiger partial charge is 1.00 e. The molecule has 1 heterocycles. The van der Waals surface area contributed by atoms with Crippen molar-refractivity contribution < 1.29 is 22.3 Å². The molecule has 0 radical (unpaired) electrons. The number of aliphatic hydroxyl groups is 1. The minimum Gasteiger partial charge on any atom is -1.00 e. The van der Waals surface area contributed by atoms with Crippen molar-refractivity contribution in [1.82, 2.24) is 4.90 Å². The Kier molecular flexibility index (Phi) is 5.60. The molecular formula is C14H21ClNO2-. The molecule has 18 heavy (non-hydrogen) atoms. The summed E-state index contributed by atoms with van der Waals surface area (Å²) in [5.74, 6) is 0. The maximum Gasteiger partial charge on any atom is 0.0994 e. The highest BCUT2D eigenvalue weighted by atomic mass is 35.5. The first-order valence-corrected chi connectivity index (χ1v) is 6.17. The molecule has 1 atom stereocenters. The van der Waals surface area contributed by atoms with Crippen LogP contribution in [0.2, 0.25) is 0 Å². The van der Waals surface area contributed by atoms with Crippen LogP contribution in [0.15, 0.2) is 24.3 Å². The normalized spacial score (nSPS) is 19.9. The summed E-state index contributed by atoms with van der Waals surface area (Å²) in [4.78, 5) is 2.25. The van der Waals surface area contributed by atoms with Crippen LogP contribution in [0.5, 0.6) is 0 Å². The maximum absolute atomic E-state index is 10.5. The molecule has 1 aliphatic heterocycles. The monoisotopic (exact) mass is 270 g/mol. The van der Waals surface area contributed by atoms with Gasteiger partial charge in [-0.2, -0.15) is 0 Å². The summed E-state index contributed by atoms with van der Waals surface area (Å²) in [6.45, 7) is 7.95. The number of β-amino-alcohol motifs (C(OH)–C–C–N with tert-alkyl or cyclic N) is 1. The lowest BCUT2D eigenvalue weighted by Gasteiger charge is -2.34. The van der Waals surface area contributed by atoms with Crippen molar-refractivity contribution in [3.8, 4) is 0 Å². The average molecular weight is 271 g/mol. The van der Waals surface area contributed by atoms with Crippen LogP contribution in [0.4, 0.5) is 0 Å². The van der Waals surface area contributed by atoms with E-state index in [1.807, 2.05) is 31.2 Å². The van der Waals surface area contributed by atoms with Crippen LogP contribution in [0, 0.1) is 6.92 Å². The summed E-state index contributed by atoms with van der Waals surface area (Å²) < 4.78 is 5.31. The molecule has 1 unspecified atom stereocenters. The van der Waals surface area contributed by atoms with Crippen LogP contribution in [-0.4, -0.2) is 42.9 Å². The third-order valence-electron chi connectivity index (χ3n) is 3.31. The number of benzene rings is 1. The lowest BCUT2D eigenvalue weighted by molar-refractivity contribution is -0.0254. The molecule has 0 spiro atoms. The predicted octanol–water partition coefficient (Wildman–Crippen LogP) is -1.46. The zero-order valence-electron chi connectivity index (χ0n) is 11.0. The molecule has 1 saturated heterocycles. The SMILES string of the molecule is Cc1ccc(C(C)(O)CN2CCOCC2)cc1.[Cl-]. The van der Waals surface area contributed by atoms with E-state index in [9.17, 15) is 5.11 Å². The Hall–Kier alpha value is -0.610. The van der Waals surface area contributed by atoms with E-state index in [0.717, 1.165) is 31.9 Å². The van der Waals surface area contributed by atoms with Crippen LogP contribution in [-0.2, 0) is 10.3 Å². The zero-order valence-corrected chi connectivity index (χ0v) is 11.8. The highest BCUT2D eigenvalue weighted by molar-refractivity contribution is 5.26. The van der Waals surface area contributed by atoms with Gasteiger partial charge in [0.2, 0.25) is 0 Å². The molecule has 4 heteroatoms. The lowest BCUT2D eigenvalue weighted by atomic mass is 9.94. The zero-order chi connectivity index (χ0) is 12.3. The Morgan fingerprint density at radius 3 is 2.33 bits per heavy atom. The molecule has 1 fully saturated rings. The minimum atomic E-state index is -0.787. The summed E-state index contributed by atoms with van der Waals surface area (Å²) in [5.41, 5.74) is 1.41. The first kappa shape index (κ1) is 15.4. The standard InChI is InChI=1S/C14H21NO2.ClH/c1-12-3-5-13(6-4-12)14(2,16)11-15-7-9-17-10-8-15;/h3-6,16H,7-11H2,1-2H3;1H/p-1. The molecule has 1 aliphatic rings. The third-order valence-corrected chi connectivity index (χ3v) is 3.31. The van der Waals surface area contributed by atoms with Crippen molar-refractivity contribution in [2.24, 2.45) is 0 Å². The van der Waals surface area contributed by atoms with Crippen LogP contribution in [0.3, 0.4) is 0 Å².